The SMILES string of the molecule is Cc1cc(Cl)c(N2CCNC3(CCCCC3)C2)cc1Cl. The summed E-state index contributed by atoms with van der Waals surface area (Å²) in [6.07, 6.45) is 6.61. The van der Waals surface area contributed by atoms with Crippen molar-refractivity contribution in [3.05, 3.63) is 27.7 Å². The van der Waals surface area contributed by atoms with Gasteiger partial charge in [-0.25, -0.2) is 0 Å². The maximum atomic E-state index is 6.44. The van der Waals surface area contributed by atoms with Gasteiger partial charge in [0.25, 0.3) is 0 Å². The molecule has 0 aromatic heterocycles. The lowest BCUT2D eigenvalue weighted by Crippen LogP contribution is -2.61. The summed E-state index contributed by atoms with van der Waals surface area (Å²) in [6.45, 7) is 5.08. The molecule has 2 aliphatic rings. The van der Waals surface area contributed by atoms with Gasteiger partial charge in [-0.2, -0.15) is 0 Å². The second-order valence-corrected chi connectivity index (χ2v) is 7.06. The van der Waals surface area contributed by atoms with Gasteiger partial charge in [0.05, 0.1) is 10.7 Å². The van der Waals surface area contributed by atoms with E-state index in [1.54, 1.807) is 0 Å². The number of aryl methyl sites for hydroxylation is 1. The average molecular weight is 313 g/mol. The first-order chi connectivity index (χ1) is 9.60. The largest absolute Gasteiger partial charge is 0.367 e. The van der Waals surface area contributed by atoms with E-state index in [0.29, 0.717) is 0 Å². The Kier molecular flexibility index (Phi) is 4.16. The van der Waals surface area contributed by atoms with Gasteiger partial charge in [0, 0.05) is 30.2 Å². The van der Waals surface area contributed by atoms with E-state index in [9.17, 15) is 0 Å². The van der Waals surface area contributed by atoms with Crippen molar-refractivity contribution in [3.63, 3.8) is 0 Å². The quantitative estimate of drug-likeness (QED) is 0.826. The van der Waals surface area contributed by atoms with Crippen LogP contribution in [0.25, 0.3) is 0 Å². The highest BCUT2D eigenvalue weighted by Gasteiger charge is 2.36. The number of benzene rings is 1. The number of rotatable bonds is 1. The average Bonchev–Trinajstić information content (AvgIpc) is 2.44. The second-order valence-electron chi connectivity index (χ2n) is 6.24. The fourth-order valence-electron chi connectivity index (χ4n) is 3.60. The normalized spacial score (nSPS) is 22.2. The van der Waals surface area contributed by atoms with Crippen LogP contribution in [0.5, 0.6) is 0 Å². The first kappa shape index (κ1) is 14.5. The highest BCUT2D eigenvalue weighted by Crippen LogP contribution is 2.36. The Morgan fingerprint density at radius 3 is 2.60 bits per heavy atom. The van der Waals surface area contributed by atoms with E-state index in [-0.39, 0.29) is 5.54 Å². The van der Waals surface area contributed by atoms with Gasteiger partial charge >= 0.3 is 0 Å². The number of hydrogen-bond acceptors (Lipinski definition) is 2. The van der Waals surface area contributed by atoms with E-state index in [1.165, 1.54) is 32.1 Å². The third-order valence-corrected chi connectivity index (χ3v) is 5.46. The molecule has 0 amide bonds. The van der Waals surface area contributed by atoms with Crippen molar-refractivity contribution >= 4 is 28.9 Å². The predicted molar refractivity (Wildman–Crippen MR) is 87.2 cm³/mol. The lowest BCUT2D eigenvalue weighted by molar-refractivity contribution is 0.216. The van der Waals surface area contributed by atoms with E-state index >= 15 is 0 Å². The zero-order chi connectivity index (χ0) is 14.2. The smallest absolute Gasteiger partial charge is 0.0643 e. The minimum Gasteiger partial charge on any atom is -0.367 e. The van der Waals surface area contributed by atoms with Gasteiger partial charge in [-0.3, -0.25) is 0 Å². The summed E-state index contributed by atoms with van der Waals surface area (Å²) in [5, 5.41) is 5.39. The van der Waals surface area contributed by atoms with E-state index in [2.05, 4.69) is 10.2 Å². The standard InChI is InChI=1S/C16H22Cl2N2/c1-12-9-14(18)15(10-13(12)17)20-8-7-19-16(11-20)5-3-2-4-6-16/h9-10,19H,2-8,11H2,1H3. The molecule has 2 fully saturated rings. The monoisotopic (exact) mass is 312 g/mol. The van der Waals surface area contributed by atoms with Crippen molar-refractivity contribution in [1.82, 2.24) is 5.32 Å². The molecule has 1 N–H and O–H groups in total. The summed E-state index contributed by atoms with van der Waals surface area (Å²) in [7, 11) is 0. The number of halogens is 2. The number of piperazine rings is 1. The van der Waals surface area contributed by atoms with Crippen LogP contribution < -0.4 is 10.2 Å². The Labute approximate surface area is 131 Å². The molecule has 110 valence electrons. The van der Waals surface area contributed by atoms with Crippen molar-refractivity contribution in [1.29, 1.82) is 0 Å². The van der Waals surface area contributed by atoms with Crippen LogP contribution in [-0.2, 0) is 0 Å². The minimum atomic E-state index is 0.289. The molecule has 4 heteroatoms. The van der Waals surface area contributed by atoms with E-state index < -0.39 is 0 Å². The topological polar surface area (TPSA) is 15.3 Å². The second kappa shape index (κ2) is 5.75. The molecule has 20 heavy (non-hydrogen) atoms. The van der Waals surface area contributed by atoms with Gasteiger partial charge in [0.15, 0.2) is 0 Å². The van der Waals surface area contributed by atoms with Crippen molar-refractivity contribution in [2.24, 2.45) is 0 Å². The molecule has 0 bridgehead atoms. The minimum absolute atomic E-state index is 0.289. The highest BCUT2D eigenvalue weighted by molar-refractivity contribution is 6.35. The molecule has 1 aliphatic heterocycles. The zero-order valence-electron chi connectivity index (χ0n) is 12.0. The maximum Gasteiger partial charge on any atom is 0.0643 e. The van der Waals surface area contributed by atoms with Gasteiger partial charge in [0.1, 0.15) is 0 Å². The van der Waals surface area contributed by atoms with Crippen LogP contribution >= 0.6 is 23.2 Å². The van der Waals surface area contributed by atoms with Gasteiger partial charge in [0.2, 0.25) is 0 Å². The van der Waals surface area contributed by atoms with E-state index in [1.807, 2.05) is 19.1 Å². The van der Waals surface area contributed by atoms with Crippen molar-refractivity contribution in [3.8, 4) is 0 Å². The summed E-state index contributed by atoms with van der Waals surface area (Å²) < 4.78 is 0. The summed E-state index contributed by atoms with van der Waals surface area (Å²) in [5.41, 5.74) is 2.42. The molecular weight excluding hydrogens is 291 g/mol. The Morgan fingerprint density at radius 2 is 1.85 bits per heavy atom. The molecule has 1 aromatic rings. The van der Waals surface area contributed by atoms with Crippen LogP contribution in [-0.4, -0.2) is 25.2 Å². The lowest BCUT2D eigenvalue weighted by atomic mass is 9.80. The summed E-state index contributed by atoms with van der Waals surface area (Å²) in [4.78, 5) is 2.41. The Hall–Kier alpha value is -0.440. The van der Waals surface area contributed by atoms with E-state index in [4.69, 9.17) is 23.2 Å². The third kappa shape index (κ3) is 2.79. The van der Waals surface area contributed by atoms with E-state index in [0.717, 1.165) is 40.9 Å². The van der Waals surface area contributed by atoms with Crippen LogP contribution in [0.15, 0.2) is 12.1 Å². The van der Waals surface area contributed by atoms with Crippen molar-refractivity contribution < 1.29 is 0 Å². The first-order valence-corrected chi connectivity index (χ1v) is 8.31. The van der Waals surface area contributed by atoms with Crippen LogP contribution in [0.1, 0.15) is 37.7 Å². The van der Waals surface area contributed by atoms with Crippen LogP contribution in [0.3, 0.4) is 0 Å². The molecule has 1 heterocycles. The number of hydrogen-bond donors (Lipinski definition) is 1. The van der Waals surface area contributed by atoms with Gasteiger partial charge in [-0.15, -0.1) is 0 Å². The first-order valence-electron chi connectivity index (χ1n) is 7.55. The molecule has 0 unspecified atom stereocenters. The molecule has 2 nitrogen and oxygen atoms in total. The molecule has 1 saturated carbocycles. The number of nitrogens with one attached hydrogen (secondary N) is 1. The lowest BCUT2D eigenvalue weighted by Gasteiger charge is -2.47. The number of anilines is 1. The Morgan fingerprint density at radius 1 is 1.10 bits per heavy atom. The van der Waals surface area contributed by atoms with Crippen LogP contribution in [0, 0.1) is 6.92 Å². The molecule has 0 atom stereocenters. The highest BCUT2D eigenvalue weighted by atomic mass is 35.5. The molecule has 0 radical (unpaired) electrons. The Balaban J connectivity index is 1.85. The molecule has 1 aliphatic carbocycles. The van der Waals surface area contributed by atoms with Gasteiger partial charge in [-0.1, -0.05) is 42.5 Å². The van der Waals surface area contributed by atoms with Crippen LogP contribution in [0.4, 0.5) is 5.69 Å². The molecule has 1 saturated heterocycles. The fourth-order valence-corrected chi connectivity index (χ4v) is 4.10. The van der Waals surface area contributed by atoms with Gasteiger partial charge in [-0.05, 0) is 37.5 Å². The summed E-state index contributed by atoms with van der Waals surface area (Å²) in [5.74, 6) is 0. The van der Waals surface area contributed by atoms with Crippen LogP contribution in [0.2, 0.25) is 10.0 Å². The molecule has 1 aromatic carbocycles. The zero-order valence-corrected chi connectivity index (χ0v) is 13.5. The van der Waals surface area contributed by atoms with Gasteiger partial charge < -0.3 is 10.2 Å². The number of nitrogens with zero attached hydrogens (tertiary/aromatic N) is 1. The molecular formula is C16H22Cl2N2. The van der Waals surface area contributed by atoms with Crippen molar-refractivity contribution in [2.45, 2.75) is 44.6 Å². The summed E-state index contributed by atoms with van der Waals surface area (Å²) >= 11 is 12.7. The molecule has 3 rings (SSSR count). The molecule has 1 spiro atoms. The Bertz CT molecular complexity index is 490. The predicted octanol–water partition coefficient (Wildman–Crippen LogP) is 4.41. The summed E-state index contributed by atoms with van der Waals surface area (Å²) in [6, 6.07) is 4.01. The third-order valence-electron chi connectivity index (χ3n) is 4.75. The fraction of sp³-hybridized carbons (Fsp3) is 0.625. The van der Waals surface area contributed by atoms with Crippen molar-refractivity contribution in [2.75, 3.05) is 24.5 Å². The maximum absolute atomic E-state index is 6.44.